The van der Waals surface area contributed by atoms with Gasteiger partial charge in [0.05, 0.1) is 7.11 Å². The van der Waals surface area contributed by atoms with Crippen LogP contribution in [0.5, 0.6) is 5.75 Å². The molecule has 11 heteroatoms. The Balaban J connectivity index is 2.33. The largest absolute Gasteiger partial charge is 0.490 e. The van der Waals surface area contributed by atoms with Crippen LogP contribution in [0.4, 0.5) is 10.3 Å². The van der Waals surface area contributed by atoms with Gasteiger partial charge in [-0.25, -0.2) is 9.79 Å². The van der Waals surface area contributed by atoms with Crippen molar-refractivity contribution in [1.82, 2.24) is 10.2 Å². The highest BCUT2D eigenvalue weighted by Gasteiger charge is 2.24. The number of methoxy groups -OCH3 is 2. The van der Waals surface area contributed by atoms with E-state index in [0.717, 1.165) is 17.8 Å². The van der Waals surface area contributed by atoms with E-state index in [2.05, 4.69) is 20.5 Å². The number of allylic oxidation sites excluding steroid dienone is 1. The van der Waals surface area contributed by atoms with Gasteiger partial charge in [-0.1, -0.05) is 18.3 Å². The zero-order chi connectivity index (χ0) is 23.0. The molecule has 31 heavy (non-hydrogen) atoms. The maximum absolute atomic E-state index is 12.9. The summed E-state index contributed by atoms with van der Waals surface area (Å²) in [6.45, 7) is 6.11. The van der Waals surface area contributed by atoms with Gasteiger partial charge in [0.2, 0.25) is 16.0 Å². The Morgan fingerprint density at radius 2 is 2.13 bits per heavy atom. The van der Waals surface area contributed by atoms with Crippen molar-refractivity contribution in [1.29, 1.82) is 0 Å². The molecule has 1 unspecified atom stereocenters. The fourth-order valence-electron chi connectivity index (χ4n) is 2.89. The Labute approximate surface area is 184 Å². The molecule has 1 atom stereocenters. The monoisotopic (exact) mass is 449 g/mol. The lowest BCUT2D eigenvalue weighted by atomic mass is 9.94. The van der Waals surface area contributed by atoms with Crippen LogP contribution in [-0.2, 0) is 11.2 Å². The standard InChI is InChI=1S/C20H27N5O5S/c1-11(7-9-28-4)10-14-13(3)15(29-5)18(27)30-16(14)17(26)23-20-25-24-19(31-20)22-12(2)6-8-21/h6,8,11H,7,9-10,21H2,1-5H3,(H,23,25,26). The molecule has 0 saturated heterocycles. The summed E-state index contributed by atoms with van der Waals surface area (Å²) in [6, 6.07) is 0. The lowest BCUT2D eigenvalue weighted by molar-refractivity contribution is 0.0988. The zero-order valence-electron chi connectivity index (χ0n) is 18.2. The van der Waals surface area contributed by atoms with Crippen LogP contribution in [0.15, 0.2) is 26.5 Å². The zero-order valence-corrected chi connectivity index (χ0v) is 19.0. The number of hydrogen-bond acceptors (Lipinski definition) is 10. The van der Waals surface area contributed by atoms with Crippen molar-refractivity contribution in [3.63, 3.8) is 0 Å². The van der Waals surface area contributed by atoms with Gasteiger partial charge in [0.15, 0.2) is 5.76 Å². The van der Waals surface area contributed by atoms with Crippen LogP contribution >= 0.6 is 11.3 Å². The second kappa shape index (κ2) is 11.4. The van der Waals surface area contributed by atoms with Crippen molar-refractivity contribution in [3.8, 4) is 5.75 Å². The van der Waals surface area contributed by atoms with E-state index < -0.39 is 11.5 Å². The van der Waals surface area contributed by atoms with Crippen LogP contribution in [0, 0.1) is 12.8 Å². The molecule has 0 spiro atoms. The topological polar surface area (TPSA) is 142 Å². The van der Waals surface area contributed by atoms with Gasteiger partial charge in [-0.15, -0.1) is 10.2 Å². The van der Waals surface area contributed by atoms with Crippen molar-refractivity contribution in [2.45, 2.75) is 33.6 Å². The molecule has 2 rings (SSSR count). The predicted octanol–water partition coefficient (Wildman–Crippen LogP) is 2.84. The summed E-state index contributed by atoms with van der Waals surface area (Å²) < 4.78 is 15.6. The number of aromatic nitrogens is 2. The Morgan fingerprint density at radius 3 is 2.77 bits per heavy atom. The van der Waals surface area contributed by atoms with Gasteiger partial charge in [-0.05, 0) is 44.9 Å². The van der Waals surface area contributed by atoms with Crippen LogP contribution < -0.4 is 21.4 Å². The normalized spacial score (nSPS) is 12.9. The molecule has 168 valence electrons. The number of rotatable bonds is 10. The Morgan fingerprint density at radius 1 is 1.39 bits per heavy atom. The van der Waals surface area contributed by atoms with Crippen LogP contribution in [0.3, 0.4) is 0 Å². The van der Waals surface area contributed by atoms with E-state index in [9.17, 15) is 9.59 Å². The number of anilines is 1. The van der Waals surface area contributed by atoms with E-state index in [4.69, 9.17) is 19.6 Å². The first-order valence-corrected chi connectivity index (χ1v) is 10.4. The highest BCUT2D eigenvalue weighted by molar-refractivity contribution is 7.18. The quantitative estimate of drug-likeness (QED) is 0.527. The molecule has 0 bridgehead atoms. The van der Waals surface area contributed by atoms with E-state index in [1.165, 1.54) is 13.3 Å². The first kappa shape index (κ1) is 24.2. The van der Waals surface area contributed by atoms with Crippen molar-refractivity contribution >= 4 is 33.2 Å². The first-order valence-electron chi connectivity index (χ1n) is 9.58. The van der Waals surface area contributed by atoms with E-state index in [1.807, 2.05) is 6.92 Å². The number of nitrogens with zero attached hydrogens (tertiary/aromatic N) is 3. The molecular formula is C20H27N5O5S. The maximum Gasteiger partial charge on any atom is 0.379 e. The van der Waals surface area contributed by atoms with E-state index >= 15 is 0 Å². The van der Waals surface area contributed by atoms with E-state index in [0.29, 0.717) is 35.0 Å². The minimum absolute atomic E-state index is 0.0740. The number of ether oxygens (including phenoxy) is 2. The van der Waals surface area contributed by atoms with Crippen LogP contribution in [0.1, 0.15) is 41.9 Å². The molecule has 0 saturated carbocycles. The van der Waals surface area contributed by atoms with Gasteiger partial charge in [0.25, 0.3) is 5.91 Å². The SMILES string of the molecule is COCCC(C)Cc1c(C(=O)Nc2nnc(N=C(C)C=CN)s2)oc(=O)c(OC)c1C. The molecule has 1 amide bonds. The maximum atomic E-state index is 12.9. The third-order valence-electron chi connectivity index (χ3n) is 4.47. The third kappa shape index (κ3) is 6.46. The number of hydrogen-bond donors (Lipinski definition) is 2. The molecule has 2 heterocycles. The average molecular weight is 450 g/mol. The smallest absolute Gasteiger partial charge is 0.379 e. The highest BCUT2D eigenvalue weighted by atomic mass is 32.1. The Bertz CT molecular complexity index is 1030. The van der Waals surface area contributed by atoms with E-state index in [-0.39, 0.29) is 22.6 Å². The average Bonchev–Trinajstić information content (AvgIpc) is 3.15. The fourth-order valence-corrected chi connectivity index (χ4v) is 3.56. The lowest BCUT2D eigenvalue weighted by Gasteiger charge is -2.16. The number of nitrogens with two attached hydrogens (primary N) is 1. The fraction of sp³-hybridized carbons (Fsp3) is 0.450. The number of nitrogens with one attached hydrogen (secondary N) is 1. The summed E-state index contributed by atoms with van der Waals surface area (Å²) in [6.07, 6.45) is 4.28. The van der Waals surface area contributed by atoms with Gasteiger partial charge in [0.1, 0.15) is 0 Å². The minimum atomic E-state index is -0.717. The van der Waals surface area contributed by atoms with Crippen LogP contribution in [0.2, 0.25) is 0 Å². The van der Waals surface area contributed by atoms with Crippen molar-refractivity contribution in [3.05, 3.63) is 39.6 Å². The third-order valence-corrected chi connectivity index (χ3v) is 5.20. The number of amides is 1. The Kier molecular flexibility index (Phi) is 8.88. The lowest BCUT2D eigenvalue weighted by Crippen LogP contribution is -2.21. The van der Waals surface area contributed by atoms with Crippen molar-refractivity contribution in [2.75, 3.05) is 26.1 Å². The van der Waals surface area contributed by atoms with Crippen LogP contribution in [-0.4, -0.2) is 42.6 Å². The van der Waals surface area contributed by atoms with Gasteiger partial charge < -0.3 is 19.6 Å². The van der Waals surface area contributed by atoms with E-state index in [1.54, 1.807) is 27.0 Å². The summed E-state index contributed by atoms with van der Waals surface area (Å²) in [5.41, 5.74) is 6.43. The second-order valence-electron chi connectivity index (χ2n) is 6.90. The van der Waals surface area contributed by atoms with Gasteiger partial charge >= 0.3 is 5.63 Å². The number of aliphatic imine (C=N–C) groups is 1. The van der Waals surface area contributed by atoms with Gasteiger partial charge in [0, 0.05) is 30.6 Å². The number of carbonyl (C=O) groups excluding carboxylic acids is 1. The molecule has 2 aromatic heterocycles. The summed E-state index contributed by atoms with van der Waals surface area (Å²) >= 11 is 1.08. The molecule has 2 aromatic rings. The molecule has 0 fully saturated rings. The summed E-state index contributed by atoms with van der Waals surface area (Å²) in [5, 5.41) is 11.0. The summed E-state index contributed by atoms with van der Waals surface area (Å²) in [7, 11) is 3.03. The van der Waals surface area contributed by atoms with Gasteiger partial charge in [-0.3, -0.25) is 10.1 Å². The molecule has 0 aliphatic heterocycles. The van der Waals surface area contributed by atoms with Gasteiger partial charge in [-0.2, -0.15) is 0 Å². The van der Waals surface area contributed by atoms with Crippen molar-refractivity contribution < 1.29 is 18.7 Å². The highest BCUT2D eigenvalue weighted by Crippen LogP contribution is 2.27. The molecule has 0 aromatic carbocycles. The second-order valence-corrected chi connectivity index (χ2v) is 7.86. The Hall–Kier alpha value is -3.05. The number of carbonyl (C=O) groups is 1. The predicted molar refractivity (Wildman–Crippen MR) is 120 cm³/mol. The first-order chi connectivity index (χ1) is 14.8. The minimum Gasteiger partial charge on any atom is -0.490 e. The summed E-state index contributed by atoms with van der Waals surface area (Å²) in [5.74, 6) is -0.401. The molecule has 0 aliphatic rings. The van der Waals surface area contributed by atoms with Crippen molar-refractivity contribution in [2.24, 2.45) is 16.6 Å². The molecule has 0 radical (unpaired) electrons. The molecule has 10 nitrogen and oxygen atoms in total. The molecular weight excluding hydrogens is 422 g/mol. The molecule has 3 N–H and O–H groups in total. The summed E-state index contributed by atoms with van der Waals surface area (Å²) in [4.78, 5) is 29.5. The molecule has 0 aliphatic carbocycles. The van der Waals surface area contributed by atoms with Crippen LogP contribution in [0.25, 0.3) is 0 Å².